The van der Waals surface area contributed by atoms with E-state index in [1.54, 1.807) is 11.3 Å². The van der Waals surface area contributed by atoms with Crippen molar-refractivity contribution in [3.05, 3.63) is 20.8 Å². The quantitative estimate of drug-likeness (QED) is 0.720. The summed E-state index contributed by atoms with van der Waals surface area (Å²) in [6.45, 7) is 1.69. The average molecular weight is 339 g/mol. The van der Waals surface area contributed by atoms with Crippen molar-refractivity contribution >= 4 is 49.1 Å². The number of carbonyl (C=O) groups excluding carboxylic acids is 1. The highest BCUT2D eigenvalue weighted by atomic mass is 79.9. The smallest absolute Gasteiger partial charge is 0.254 e. The number of thiophene rings is 1. The van der Waals surface area contributed by atoms with E-state index in [1.165, 1.54) is 0 Å². The molecule has 0 N–H and O–H groups in total. The van der Waals surface area contributed by atoms with Crippen molar-refractivity contribution in [2.75, 3.05) is 13.1 Å². The van der Waals surface area contributed by atoms with Gasteiger partial charge in [-0.25, -0.2) is 0 Å². The third-order valence-corrected chi connectivity index (χ3v) is 4.48. The van der Waals surface area contributed by atoms with E-state index in [-0.39, 0.29) is 5.91 Å². The normalized spacial score (nSPS) is 21.6. The molecular formula is C9H9Br2NOS. The van der Waals surface area contributed by atoms with Gasteiger partial charge in [-0.2, -0.15) is 0 Å². The summed E-state index contributed by atoms with van der Waals surface area (Å²) in [6, 6.07) is 1.88. The first-order valence-corrected chi connectivity index (χ1v) is 6.93. The van der Waals surface area contributed by atoms with Crippen molar-refractivity contribution in [3.8, 4) is 0 Å². The Morgan fingerprint density at radius 1 is 1.64 bits per heavy atom. The Labute approximate surface area is 104 Å². The number of nitrogens with zero attached hydrogens (tertiary/aromatic N) is 1. The van der Waals surface area contributed by atoms with Gasteiger partial charge in [0, 0.05) is 23.3 Å². The van der Waals surface area contributed by atoms with Crippen LogP contribution in [-0.2, 0) is 0 Å². The molecule has 1 aromatic heterocycles. The van der Waals surface area contributed by atoms with Gasteiger partial charge >= 0.3 is 0 Å². The van der Waals surface area contributed by atoms with E-state index >= 15 is 0 Å². The third kappa shape index (κ3) is 2.20. The van der Waals surface area contributed by atoms with E-state index in [4.69, 9.17) is 0 Å². The maximum Gasteiger partial charge on any atom is 0.254 e. The van der Waals surface area contributed by atoms with Crippen LogP contribution in [0.1, 0.15) is 16.8 Å². The minimum atomic E-state index is 0.147. The van der Waals surface area contributed by atoms with Gasteiger partial charge in [0.25, 0.3) is 5.91 Å². The van der Waals surface area contributed by atoms with Gasteiger partial charge in [0.15, 0.2) is 0 Å². The number of hydrogen-bond acceptors (Lipinski definition) is 2. The first-order valence-electron chi connectivity index (χ1n) is 4.34. The molecule has 1 aromatic rings. The molecule has 1 atom stereocenters. The Bertz CT molecular complexity index is 352. The summed E-state index contributed by atoms with van der Waals surface area (Å²) in [5.41, 5.74) is 0.795. The third-order valence-electron chi connectivity index (χ3n) is 2.23. The lowest BCUT2D eigenvalue weighted by atomic mass is 10.3. The summed E-state index contributed by atoms with van der Waals surface area (Å²) in [7, 11) is 0. The van der Waals surface area contributed by atoms with Gasteiger partial charge in [0.05, 0.1) is 9.35 Å². The Morgan fingerprint density at radius 3 is 2.93 bits per heavy atom. The molecule has 1 amide bonds. The van der Waals surface area contributed by atoms with Gasteiger partial charge in [0.1, 0.15) is 0 Å². The van der Waals surface area contributed by atoms with Crippen LogP contribution in [0.3, 0.4) is 0 Å². The Hall–Kier alpha value is 0.130. The summed E-state index contributed by atoms with van der Waals surface area (Å²) in [6.07, 6.45) is 1.05. The number of likely N-dealkylation sites (tertiary alicyclic amines) is 1. The van der Waals surface area contributed by atoms with Crippen LogP contribution in [0.2, 0.25) is 0 Å². The van der Waals surface area contributed by atoms with E-state index in [0.29, 0.717) is 4.83 Å². The SMILES string of the molecule is O=C(c1csc(Br)c1)N1CCC(Br)C1. The molecule has 14 heavy (non-hydrogen) atoms. The van der Waals surface area contributed by atoms with Gasteiger partial charge in [-0.1, -0.05) is 15.9 Å². The largest absolute Gasteiger partial charge is 0.337 e. The highest BCUT2D eigenvalue weighted by Crippen LogP contribution is 2.24. The highest BCUT2D eigenvalue weighted by molar-refractivity contribution is 9.11. The van der Waals surface area contributed by atoms with Crippen LogP contribution < -0.4 is 0 Å². The Balaban J connectivity index is 2.09. The van der Waals surface area contributed by atoms with Gasteiger partial charge in [0.2, 0.25) is 0 Å². The summed E-state index contributed by atoms with van der Waals surface area (Å²) in [4.78, 5) is 14.3. The van der Waals surface area contributed by atoms with Gasteiger partial charge in [-0.3, -0.25) is 4.79 Å². The lowest BCUT2D eigenvalue weighted by molar-refractivity contribution is 0.0794. The molecule has 0 spiro atoms. The van der Waals surface area contributed by atoms with Crippen LogP contribution in [-0.4, -0.2) is 28.7 Å². The number of amides is 1. The van der Waals surface area contributed by atoms with Crippen molar-refractivity contribution in [1.29, 1.82) is 0 Å². The zero-order valence-corrected chi connectivity index (χ0v) is 11.4. The number of halogens is 2. The van der Waals surface area contributed by atoms with Crippen LogP contribution in [0.4, 0.5) is 0 Å². The molecule has 1 unspecified atom stereocenters. The lowest BCUT2D eigenvalue weighted by Gasteiger charge is -2.14. The zero-order valence-electron chi connectivity index (χ0n) is 7.37. The summed E-state index contributed by atoms with van der Waals surface area (Å²) < 4.78 is 1.01. The zero-order chi connectivity index (χ0) is 10.1. The van der Waals surface area contributed by atoms with E-state index in [2.05, 4.69) is 31.9 Å². The van der Waals surface area contributed by atoms with E-state index in [1.807, 2.05) is 16.3 Å². The number of alkyl halides is 1. The van der Waals surface area contributed by atoms with Gasteiger partial charge in [-0.05, 0) is 28.4 Å². The molecule has 2 heterocycles. The molecule has 76 valence electrons. The number of hydrogen-bond donors (Lipinski definition) is 0. The Kier molecular flexibility index (Phi) is 3.29. The second-order valence-corrected chi connectivity index (χ2v) is 6.86. The molecule has 1 aliphatic rings. The second-order valence-electron chi connectivity index (χ2n) is 3.28. The summed E-state index contributed by atoms with van der Waals surface area (Å²) in [5, 5.41) is 1.90. The summed E-state index contributed by atoms with van der Waals surface area (Å²) >= 11 is 8.43. The van der Waals surface area contributed by atoms with E-state index in [9.17, 15) is 4.79 Å². The van der Waals surface area contributed by atoms with Crippen molar-refractivity contribution in [2.24, 2.45) is 0 Å². The molecule has 0 saturated carbocycles. The van der Waals surface area contributed by atoms with Crippen LogP contribution in [0.25, 0.3) is 0 Å². The van der Waals surface area contributed by atoms with Crippen molar-refractivity contribution in [2.45, 2.75) is 11.2 Å². The molecule has 1 fully saturated rings. The molecule has 2 nitrogen and oxygen atoms in total. The number of carbonyl (C=O) groups is 1. The fraction of sp³-hybridized carbons (Fsp3) is 0.444. The molecule has 0 aromatic carbocycles. The number of rotatable bonds is 1. The van der Waals surface area contributed by atoms with Crippen LogP contribution in [0.5, 0.6) is 0 Å². The van der Waals surface area contributed by atoms with Crippen LogP contribution >= 0.6 is 43.2 Å². The highest BCUT2D eigenvalue weighted by Gasteiger charge is 2.25. The molecule has 5 heteroatoms. The van der Waals surface area contributed by atoms with Crippen molar-refractivity contribution in [3.63, 3.8) is 0 Å². The first kappa shape index (κ1) is 10.6. The fourth-order valence-corrected chi connectivity index (χ4v) is 3.19. The topological polar surface area (TPSA) is 20.3 Å². The molecule has 0 radical (unpaired) electrons. The van der Waals surface area contributed by atoms with Crippen LogP contribution in [0, 0.1) is 0 Å². The predicted octanol–water partition coefficient (Wildman–Crippen LogP) is 3.12. The average Bonchev–Trinajstić information content (AvgIpc) is 2.73. The maximum absolute atomic E-state index is 11.9. The first-order chi connectivity index (χ1) is 6.66. The lowest BCUT2D eigenvalue weighted by Crippen LogP contribution is -2.28. The molecule has 2 rings (SSSR count). The Morgan fingerprint density at radius 2 is 2.43 bits per heavy atom. The predicted molar refractivity (Wildman–Crippen MR) is 65.3 cm³/mol. The maximum atomic E-state index is 11.9. The molecular weight excluding hydrogens is 330 g/mol. The fourth-order valence-electron chi connectivity index (χ4n) is 1.51. The van der Waals surface area contributed by atoms with Gasteiger partial charge < -0.3 is 4.90 Å². The van der Waals surface area contributed by atoms with Crippen molar-refractivity contribution in [1.82, 2.24) is 4.90 Å². The van der Waals surface area contributed by atoms with Crippen LogP contribution in [0.15, 0.2) is 15.2 Å². The van der Waals surface area contributed by atoms with E-state index < -0.39 is 0 Å². The second kappa shape index (κ2) is 4.33. The minimum absolute atomic E-state index is 0.147. The van der Waals surface area contributed by atoms with Crippen molar-refractivity contribution < 1.29 is 4.79 Å². The van der Waals surface area contributed by atoms with Gasteiger partial charge in [-0.15, -0.1) is 11.3 Å². The standard InChI is InChI=1S/C9H9Br2NOS/c10-7-1-2-12(4-7)9(13)6-3-8(11)14-5-6/h3,5,7H,1-2,4H2. The molecule has 0 aliphatic carbocycles. The molecule has 1 saturated heterocycles. The monoisotopic (exact) mass is 337 g/mol. The molecule has 1 aliphatic heterocycles. The molecule has 0 bridgehead atoms. The summed E-state index contributed by atoms with van der Waals surface area (Å²) in [5.74, 6) is 0.147. The van der Waals surface area contributed by atoms with E-state index in [0.717, 1.165) is 28.9 Å². The minimum Gasteiger partial charge on any atom is -0.337 e.